The predicted molar refractivity (Wildman–Crippen MR) is 103 cm³/mol. The molecule has 0 aliphatic heterocycles. The fourth-order valence-electron chi connectivity index (χ4n) is 2.47. The first-order chi connectivity index (χ1) is 13.2. The molecule has 0 aliphatic carbocycles. The Balaban J connectivity index is 2.26. The van der Waals surface area contributed by atoms with Crippen LogP contribution < -0.4 is 5.32 Å². The number of hydrogen-bond donors (Lipinski definition) is 1. The van der Waals surface area contributed by atoms with Crippen molar-refractivity contribution in [2.45, 2.75) is 29.4 Å². The predicted octanol–water partition coefficient (Wildman–Crippen LogP) is 4.42. The minimum atomic E-state index is -3.85. The lowest BCUT2D eigenvalue weighted by Crippen LogP contribution is -2.31. The van der Waals surface area contributed by atoms with E-state index in [1.165, 1.54) is 28.6 Å². The van der Waals surface area contributed by atoms with Crippen molar-refractivity contribution >= 4 is 33.4 Å². The van der Waals surface area contributed by atoms with Gasteiger partial charge in [-0.15, -0.1) is 0 Å². The lowest BCUT2D eigenvalue weighted by molar-refractivity contribution is 0.102. The van der Waals surface area contributed by atoms with Gasteiger partial charge in [0.25, 0.3) is 11.7 Å². The number of sulfonamides is 1. The third-order valence-electron chi connectivity index (χ3n) is 3.86. The quantitative estimate of drug-likeness (QED) is 0.627. The summed E-state index contributed by atoms with van der Waals surface area (Å²) in [5.41, 5.74) is -0.167. The SMILES string of the molecule is CCN(CC)S(=O)(=O)c1ccc(F)c(C(=O)Nc2ccc(SC(F)F)cc2)c1. The molecular weight excluding hydrogens is 413 g/mol. The van der Waals surface area contributed by atoms with Gasteiger partial charge in [-0.3, -0.25) is 4.79 Å². The van der Waals surface area contributed by atoms with Crippen LogP contribution in [0.1, 0.15) is 24.2 Å². The molecule has 10 heteroatoms. The van der Waals surface area contributed by atoms with Crippen molar-refractivity contribution in [3.05, 3.63) is 53.8 Å². The van der Waals surface area contributed by atoms with E-state index in [0.717, 1.165) is 18.2 Å². The first-order valence-corrected chi connectivity index (χ1v) is 10.7. The van der Waals surface area contributed by atoms with Crippen LogP contribution in [-0.4, -0.2) is 37.5 Å². The summed E-state index contributed by atoms with van der Waals surface area (Å²) in [4.78, 5) is 12.5. The van der Waals surface area contributed by atoms with E-state index in [9.17, 15) is 26.4 Å². The summed E-state index contributed by atoms with van der Waals surface area (Å²) in [6.45, 7) is 3.82. The molecule has 0 spiro atoms. The van der Waals surface area contributed by atoms with Crippen LogP contribution in [0.4, 0.5) is 18.9 Å². The molecule has 2 aromatic rings. The van der Waals surface area contributed by atoms with Gasteiger partial charge in [-0.1, -0.05) is 25.6 Å². The highest BCUT2D eigenvalue weighted by Crippen LogP contribution is 2.26. The number of rotatable bonds is 8. The molecule has 0 saturated carbocycles. The number of carbonyl (C=O) groups is 1. The molecule has 5 nitrogen and oxygen atoms in total. The fourth-order valence-corrected chi connectivity index (χ4v) is 4.45. The van der Waals surface area contributed by atoms with Crippen LogP contribution in [0.3, 0.4) is 0 Å². The van der Waals surface area contributed by atoms with Crippen molar-refractivity contribution in [3.8, 4) is 0 Å². The topological polar surface area (TPSA) is 66.5 Å². The highest BCUT2D eigenvalue weighted by atomic mass is 32.2. The van der Waals surface area contributed by atoms with Gasteiger partial charge in [-0.2, -0.15) is 13.1 Å². The first-order valence-electron chi connectivity index (χ1n) is 8.35. The van der Waals surface area contributed by atoms with Crippen molar-refractivity contribution in [2.75, 3.05) is 18.4 Å². The van der Waals surface area contributed by atoms with Gasteiger partial charge >= 0.3 is 0 Å². The highest BCUT2D eigenvalue weighted by Gasteiger charge is 2.24. The number of carbonyl (C=O) groups excluding carboxylic acids is 1. The maximum absolute atomic E-state index is 14.1. The van der Waals surface area contributed by atoms with E-state index in [2.05, 4.69) is 5.32 Å². The summed E-state index contributed by atoms with van der Waals surface area (Å²) in [5, 5.41) is 2.43. The van der Waals surface area contributed by atoms with Gasteiger partial charge in [-0.05, 0) is 42.5 Å². The van der Waals surface area contributed by atoms with Crippen molar-refractivity contribution in [3.63, 3.8) is 0 Å². The van der Waals surface area contributed by atoms with Crippen LogP contribution in [0.2, 0.25) is 0 Å². The van der Waals surface area contributed by atoms with E-state index in [-0.39, 0.29) is 23.7 Å². The van der Waals surface area contributed by atoms with Crippen LogP contribution in [0.15, 0.2) is 52.3 Å². The molecule has 152 valence electrons. The molecule has 0 saturated heterocycles. The maximum atomic E-state index is 14.1. The maximum Gasteiger partial charge on any atom is 0.288 e. The number of benzene rings is 2. The molecule has 2 aromatic carbocycles. The van der Waals surface area contributed by atoms with E-state index in [1.54, 1.807) is 13.8 Å². The highest BCUT2D eigenvalue weighted by molar-refractivity contribution is 7.99. The largest absolute Gasteiger partial charge is 0.322 e. The van der Waals surface area contributed by atoms with Crippen LogP contribution >= 0.6 is 11.8 Å². The van der Waals surface area contributed by atoms with Gasteiger partial charge in [-0.25, -0.2) is 12.8 Å². The van der Waals surface area contributed by atoms with Crippen molar-refractivity contribution in [2.24, 2.45) is 0 Å². The number of thioether (sulfide) groups is 1. The smallest absolute Gasteiger partial charge is 0.288 e. The lowest BCUT2D eigenvalue weighted by atomic mass is 10.2. The third-order valence-corrected chi connectivity index (χ3v) is 6.63. The number of nitrogens with zero attached hydrogens (tertiary/aromatic N) is 1. The Morgan fingerprint density at radius 1 is 1.11 bits per heavy atom. The number of anilines is 1. The molecule has 2 rings (SSSR count). The number of alkyl halides is 2. The van der Waals surface area contributed by atoms with Crippen molar-refractivity contribution < 1.29 is 26.4 Å². The molecule has 28 heavy (non-hydrogen) atoms. The van der Waals surface area contributed by atoms with E-state index < -0.39 is 33.1 Å². The molecule has 0 radical (unpaired) electrons. The summed E-state index contributed by atoms with van der Waals surface area (Å²) < 4.78 is 65.1. The zero-order valence-electron chi connectivity index (χ0n) is 15.2. The first kappa shape index (κ1) is 22.3. The summed E-state index contributed by atoms with van der Waals surface area (Å²) in [5.74, 6) is -4.28. The van der Waals surface area contributed by atoms with Crippen molar-refractivity contribution in [1.29, 1.82) is 0 Å². The average molecular weight is 432 g/mol. The summed E-state index contributed by atoms with van der Waals surface area (Å²) >= 11 is 0.359. The van der Waals surface area contributed by atoms with Crippen LogP contribution in [-0.2, 0) is 10.0 Å². The molecule has 0 aliphatic rings. The molecule has 1 amide bonds. The third kappa shape index (κ3) is 5.27. The monoisotopic (exact) mass is 432 g/mol. The van der Waals surface area contributed by atoms with E-state index in [4.69, 9.17) is 0 Å². The fraction of sp³-hybridized carbons (Fsp3) is 0.278. The van der Waals surface area contributed by atoms with E-state index >= 15 is 0 Å². The summed E-state index contributed by atoms with van der Waals surface area (Å²) in [6, 6.07) is 8.60. The molecular formula is C18H19F3N2O3S2. The van der Waals surface area contributed by atoms with E-state index in [1.807, 2.05) is 0 Å². The van der Waals surface area contributed by atoms with Gasteiger partial charge in [0.1, 0.15) is 5.82 Å². The van der Waals surface area contributed by atoms with Crippen molar-refractivity contribution in [1.82, 2.24) is 4.31 Å². The Morgan fingerprint density at radius 3 is 2.25 bits per heavy atom. The van der Waals surface area contributed by atoms with Gasteiger partial charge in [0, 0.05) is 23.7 Å². The molecule has 0 atom stereocenters. The zero-order valence-corrected chi connectivity index (χ0v) is 16.8. The Kier molecular flexibility index (Phi) is 7.50. The van der Waals surface area contributed by atoms with Gasteiger partial charge in [0.05, 0.1) is 10.5 Å². The number of halogens is 3. The Morgan fingerprint density at radius 2 is 1.71 bits per heavy atom. The zero-order chi connectivity index (χ0) is 20.9. The average Bonchev–Trinajstić information content (AvgIpc) is 2.63. The Hall–Kier alpha value is -2.04. The second-order valence-corrected chi connectivity index (χ2v) is 8.59. The Labute approximate surface area is 166 Å². The van der Waals surface area contributed by atoms with Gasteiger partial charge in [0.2, 0.25) is 10.0 Å². The second kappa shape index (κ2) is 9.44. The number of amides is 1. The van der Waals surface area contributed by atoms with Crippen LogP contribution in [0.5, 0.6) is 0 Å². The summed E-state index contributed by atoms with van der Waals surface area (Å²) in [7, 11) is -3.85. The molecule has 0 fully saturated rings. The van der Waals surface area contributed by atoms with Crippen LogP contribution in [0.25, 0.3) is 0 Å². The molecule has 1 N–H and O–H groups in total. The Bertz CT molecular complexity index is 932. The van der Waals surface area contributed by atoms with Gasteiger partial charge < -0.3 is 5.32 Å². The summed E-state index contributed by atoms with van der Waals surface area (Å²) in [6.07, 6.45) is 0. The number of hydrogen-bond acceptors (Lipinski definition) is 4. The molecule has 0 heterocycles. The number of nitrogens with one attached hydrogen (secondary N) is 1. The minimum absolute atomic E-state index is 0.188. The lowest BCUT2D eigenvalue weighted by Gasteiger charge is -2.19. The molecule has 0 bridgehead atoms. The normalized spacial score (nSPS) is 11.8. The van der Waals surface area contributed by atoms with Crippen LogP contribution in [0, 0.1) is 5.82 Å². The minimum Gasteiger partial charge on any atom is -0.322 e. The molecule has 0 unspecified atom stereocenters. The standard InChI is InChI=1S/C18H19F3N2O3S2/c1-3-23(4-2)28(25,26)14-9-10-16(19)15(11-14)17(24)22-12-5-7-13(8-6-12)27-18(20)21/h5-11,18H,3-4H2,1-2H3,(H,22,24). The van der Waals surface area contributed by atoms with E-state index in [0.29, 0.717) is 16.7 Å². The molecule has 0 aromatic heterocycles. The second-order valence-electron chi connectivity index (χ2n) is 5.59. The van der Waals surface area contributed by atoms with Gasteiger partial charge in [0.15, 0.2) is 0 Å².